The molecule has 0 aromatic carbocycles. The van der Waals surface area contributed by atoms with E-state index in [1.54, 1.807) is 4.68 Å². The first-order chi connectivity index (χ1) is 8.19. The van der Waals surface area contributed by atoms with Gasteiger partial charge >= 0.3 is 0 Å². The quantitative estimate of drug-likeness (QED) is 0.871. The van der Waals surface area contributed by atoms with Crippen molar-refractivity contribution in [1.29, 1.82) is 0 Å². The average molecular weight is 237 g/mol. The maximum atomic E-state index is 6.13. The van der Waals surface area contributed by atoms with Crippen molar-refractivity contribution < 1.29 is 4.74 Å². The third-order valence-corrected chi connectivity index (χ3v) is 3.56. The summed E-state index contributed by atoms with van der Waals surface area (Å²) in [4.78, 5) is 0. The minimum absolute atomic E-state index is 0.000926. The molecule has 4 heteroatoms. The van der Waals surface area contributed by atoms with Gasteiger partial charge in [0.2, 0.25) is 0 Å². The summed E-state index contributed by atoms with van der Waals surface area (Å²) in [7, 11) is 1.92. The highest BCUT2D eigenvalue weighted by atomic mass is 16.5. The molecule has 1 aromatic rings. The van der Waals surface area contributed by atoms with Crippen LogP contribution in [-0.2, 0) is 11.8 Å². The van der Waals surface area contributed by atoms with Gasteiger partial charge in [-0.1, -0.05) is 19.8 Å². The third-order valence-electron chi connectivity index (χ3n) is 3.56. The second-order valence-corrected chi connectivity index (χ2v) is 5.20. The van der Waals surface area contributed by atoms with Crippen molar-refractivity contribution in [2.75, 3.05) is 6.54 Å². The lowest BCUT2D eigenvalue weighted by Gasteiger charge is -2.29. The van der Waals surface area contributed by atoms with E-state index in [9.17, 15) is 0 Å². The maximum absolute atomic E-state index is 6.13. The highest BCUT2D eigenvalue weighted by Crippen LogP contribution is 2.29. The fourth-order valence-electron chi connectivity index (χ4n) is 2.61. The smallest absolute Gasteiger partial charge is 0.0981 e. The Kier molecular flexibility index (Phi) is 4.18. The molecule has 0 bridgehead atoms. The Hall–Kier alpha value is -0.870. The van der Waals surface area contributed by atoms with Crippen LogP contribution in [0.25, 0.3) is 0 Å². The number of rotatable bonds is 4. The fourth-order valence-corrected chi connectivity index (χ4v) is 2.61. The monoisotopic (exact) mass is 237 g/mol. The number of hydrogen-bond acceptors (Lipinski definition) is 3. The second-order valence-electron chi connectivity index (χ2n) is 5.20. The van der Waals surface area contributed by atoms with Gasteiger partial charge in [0.15, 0.2) is 0 Å². The van der Waals surface area contributed by atoms with E-state index in [1.807, 2.05) is 19.4 Å². The lowest BCUT2D eigenvalue weighted by Crippen LogP contribution is -2.26. The lowest BCUT2D eigenvalue weighted by molar-refractivity contribution is -0.0361. The number of hydrogen-bond donors (Lipinski definition) is 1. The Morgan fingerprint density at radius 3 is 3.00 bits per heavy atom. The number of nitrogens with two attached hydrogens (primary N) is 1. The van der Waals surface area contributed by atoms with E-state index >= 15 is 0 Å². The molecule has 0 aliphatic heterocycles. The van der Waals surface area contributed by atoms with Gasteiger partial charge in [-0.3, -0.25) is 4.68 Å². The van der Waals surface area contributed by atoms with Crippen LogP contribution in [0.4, 0.5) is 0 Å². The molecule has 96 valence electrons. The van der Waals surface area contributed by atoms with E-state index in [2.05, 4.69) is 12.0 Å². The van der Waals surface area contributed by atoms with Crippen LogP contribution in [0.15, 0.2) is 12.4 Å². The molecular weight excluding hydrogens is 214 g/mol. The molecule has 2 rings (SSSR count). The molecule has 1 fully saturated rings. The Bertz CT molecular complexity index is 350. The van der Waals surface area contributed by atoms with Gasteiger partial charge in [-0.25, -0.2) is 0 Å². The van der Waals surface area contributed by atoms with Gasteiger partial charge in [0.25, 0.3) is 0 Å². The van der Waals surface area contributed by atoms with Crippen LogP contribution in [0.1, 0.15) is 44.3 Å². The van der Waals surface area contributed by atoms with Gasteiger partial charge < -0.3 is 10.5 Å². The van der Waals surface area contributed by atoms with Gasteiger partial charge in [0.05, 0.1) is 18.4 Å². The first-order valence-corrected chi connectivity index (χ1v) is 6.53. The molecule has 17 heavy (non-hydrogen) atoms. The van der Waals surface area contributed by atoms with Crippen LogP contribution in [0, 0.1) is 5.92 Å². The van der Waals surface area contributed by atoms with Gasteiger partial charge in [-0.15, -0.1) is 0 Å². The summed E-state index contributed by atoms with van der Waals surface area (Å²) in [6.45, 7) is 2.83. The van der Waals surface area contributed by atoms with E-state index in [1.165, 1.54) is 19.3 Å². The van der Waals surface area contributed by atoms with Crippen molar-refractivity contribution in [3.8, 4) is 0 Å². The number of nitrogens with zero attached hydrogens (tertiary/aromatic N) is 2. The van der Waals surface area contributed by atoms with Crippen molar-refractivity contribution in [2.45, 2.75) is 44.8 Å². The SMILES string of the molecule is CC1CCCC(OC(CN)c2cnn(C)c2)C1. The number of aromatic nitrogens is 2. The highest BCUT2D eigenvalue weighted by molar-refractivity contribution is 5.08. The molecule has 3 unspecified atom stereocenters. The zero-order chi connectivity index (χ0) is 12.3. The van der Waals surface area contributed by atoms with Crippen molar-refractivity contribution in [2.24, 2.45) is 18.7 Å². The first kappa shape index (κ1) is 12.6. The van der Waals surface area contributed by atoms with E-state index in [-0.39, 0.29) is 6.10 Å². The third kappa shape index (κ3) is 3.30. The summed E-state index contributed by atoms with van der Waals surface area (Å²) >= 11 is 0. The molecule has 2 N–H and O–H groups in total. The molecule has 1 aliphatic carbocycles. The maximum Gasteiger partial charge on any atom is 0.0981 e. The highest BCUT2D eigenvalue weighted by Gasteiger charge is 2.23. The molecule has 0 radical (unpaired) electrons. The van der Waals surface area contributed by atoms with Crippen LogP contribution in [0.3, 0.4) is 0 Å². The summed E-state index contributed by atoms with van der Waals surface area (Å²) in [5.41, 5.74) is 6.89. The molecule has 1 aliphatic rings. The molecule has 3 atom stereocenters. The first-order valence-electron chi connectivity index (χ1n) is 6.53. The molecule has 1 aromatic heterocycles. The Morgan fingerprint density at radius 2 is 2.41 bits per heavy atom. The normalized spacial score (nSPS) is 27.0. The summed E-state index contributed by atoms with van der Waals surface area (Å²) in [6, 6.07) is 0. The van der Waals surface area contributed by atoms with Crippen molar-refractivity contribution in [3.05, 3.63) is 18.0 Å². The standard InChI is InChI=1S/C13H23N3O/c1-10-4-3-5-12(6-10)17-13(7-14)11-8-15-16(2)9-11/h8-10,12-13H,3-7,14H2,1-2H3. The molecule has 0 amide bonds. The van der Waals surface area contributed by atoms with Gasteiger partial charge in [-0.2, -0.15) is 5.10 Å². The predicted molar refractivity (Wildman–Crippen MR) is 67.5 cm³/mol. The van der Waals surface area contributed by atoms with Crippen molar-refractivity contribution in [1.82, 2.24) is 9.78 Å². The minimum Gasteiger partial charge on any atom is -0.369 e. The molecule has 4 nitrogen and oxygen atoms in total. The summed E-state index contributed by atoms with van der Waals surface area (Å²) in [5.74, 6) is 0.779. The predicted octanol–water partition coefficient (Wildman–Crippen LogP) is 2.02. The molecule has 0 saturated heterocycles. The minimum atomic E-state index is -0.000926. The Balaban J connectivity index is 1.95. The number of ether oxygens (including phenoxy) is 1. The van der Waals surface area contributed by atoms with Crippen molar-refractivity contribution >= 4 is 0 Å². The van der Waals surface area contributed by atoms with E-state index in [4.69, 9.17) is 10.5 Å². The van der Waals surface area contributed by atoms with E-state index in [0.717, 1.165) is 17.9 Å². The largest absolute Gasteiger partial charge is 0.369 e. The van der Waals surface area contributed by atoms with Crippen LogP contribution in [0.5, 0.6) is 0 Å². The van der Waals surface area contributed by atoms with Gasteiger partial charge in [0, 0.05) is 25.4 Å². The van der Waals surface area contributed by atoms with E-state index < -0.39 is 0 Å². The van der Waals surface area contributed by atoms with Crippen LogP contribution >= 0.6 is 0 Å². The van der Waals surface area contributed by atoms with Crippen LogP contribution in [-0.4, -0.2) is 22.4 Å². The summed E-state index contributed by atoms with van der Waals surface area (Å²) in [6.07, 6.45) is 9.15. The second kappa shape index (κ2) is 5.65. The molecule has 0 spiro atoms. The zero-order valence-electron chi connectivity index (χ0n) is 10.8. The van der Waals surface area contributed by atoms with Gasteiger partial charge in [-0.05, 0) is 18.8 Å². The lowest BCUT2D eigenvalue weighted by atomic mass is 9.88. The van der Waals surface area contributed by atoms with Crippen molar-refractivity contribution in [3.63, 3.8) is 0 Å². The van der Waals surface area contributed by atoms with Crippen LogP contribution in [0.2, 0.25) is 0 Å². The topological polar surface area (TPSA) is 53.1 Å². The van der Waals surface area contributed by atoms with Gasteiger partial charge in [0.1, 0.15) is 0 Å². The Morgan fingerprint density at radius 1 is 1.59 bits per heavy atom. The van der Waals surface area contributed by atoms with E-state index in [0.29, 0.717) is 12.6 Å². The number of aryl methyl sites for hydroxylation is 1. The average Bonchev–Trinajstić information content (AvgIpc) is 2.73. The summed E-state index contributed by atoms with van der Waals surface area (Å²) < 4.78 is 7.93. The molecular formula is C13H23N3O. The fraction of sp³-hybridized carbons (Fsp3) is 0.769. The zero-order valence-corrected chi connectivity index (χ0v) is 10.8. The molecule has 1 saturated carbocycles. The molecule has 1 heterocycles. The van der Waals surface area contributed by atoms with Crippen LogP contribution < -0.4 is 5.73 Å². The Labute approximate surface area is 103 Å². The summed E-state index contributed by atoms with van der Waals surface area (Å²) in [5, 5.41) is 4.17.